The molecule has 0 aromatic heterocycles. The number of nitrogens with zero attached hydrogens (tertiary/aromatic N) is 3. The molecule has 8 heteroatoms. The van der Waals surface area contributed by atoms with Crippen LogP contribution in [0.25, 0.3) is 0 Å². The number of β-amino-alcohol motifs (C(OH)–C–C–N with tert-alkyl or cyclic N) is 2. The van der Waals surface area contributed by atoms with Crippen molar-refractivity contribution >= 4 is 12.0 Å². The summed E-state index contributed by atoms with van der Waals surface area (Å²) in [5, 5.41) is 28.6. The highest BCUT2D eigenvalue weighted by Gasteiger charge is 2.44. The molecule has 2 heterocycles. The van der Waals surface area contributed by atoms with Crippen molar-refractivity contribution in [2.24, 2.45) is 0 Å². The highest BCUT2D eigenvalue weighted by Crippen LogP contribution is 2.25. The van der Waals surface area contributed by atoms with E-state index >= 15 is 0 Å². The molecule has 2 rings (SSSR count). The van der Waals surface area contributed by atoms with E-state index in [1.54, 1.807) is 0 Å². The van der Waals surface area contributed by atoms with Gasteiger partial charge in [0.1, 0.15) is 6.04 Å². The van der Waals surface area contributed by atoms with Crippen LogP contribution in [0.2, 0.25) is 0 Å². The lowest BCUT2D eigenvalue weighted by molar-refractivity contribution is -0.141. The zero-order valence-corrected chi connectivity index (χ0v) is 12.3. The maximum atomic E-state index is 12.6. The summed E-state index contributed by atoms with van der Waals surface area (Å²) >= 11 is 0. The number of carboxylic acids is 1. The zero-order valence-electron chi connectivity index (χ0n) is 12.3. The molecule has 3 N–H and O–H groups in total. The van der Waals surface area contributed by atoms with Gasteiger partial charge in [0.15, 0.2) is 0 Å². The number of urea groups is 1. The average Bonchev–Trinajstić information content (AvgIpc) is 2.91. The summed E-state index contributed by atoms with van der Waals surface area (Å²) in [6, 6.07) is -1.55. The number of hydrogen-bond donors (Lipinski definition) is 3. The van der Waals surface area contributed by atoms with E-state index in [4.69, 9.17) is 0 Å². The number of likely N-dealkylation sites (tertiary alicyclic amines) is 2. The van der Waals surface area contributed by atoms with E-state index in [1.807, 2.05) is 19.0 Å². The van der Waals surface area contributed by atoms with Crippen LogP contribution in [-0.4, -0.2) is 100 Å². The van der Waals surface area contributed by atoms with Crippen molar-refractivity contribution < 1.29 is 24.9 Å². The largest absolute Gasteiger partial charge is 0.480 e. The molecule has 4 atom stereocenters. The fourth-order valence-electron chi connectivity index (χ4n) is 3.15. The Hall–Kier alpha value is -1.38. The van der Waals surface area contributed by atoms with Gasteiger partial charge in [-0.2, -0.15) is 0 Å². The Morgan fingerprint density at radius 2 is 1.67 bits per heavy atom. The molecular weight excluding hydrogens is 278 g/mol. The van der Waals surface area contributed by atoms with Crippen molar-refractivity contribution in [2.75, 3.05) is 33.7 Å². The normalized spacial score (nSPS) is 33.0. The number of carbonyl (C=O) groups excluding carboxylic acids is 1. The molecule has 0 radical (unpaired) electrons. The lowest BCUT2D eigenvalue weighted by Crippen LogP contribution is -2.51. The van der Waals surface area contributed by atoms with Crippen molar-refractivity contribution in [3.8, 4) is 0 Å². The minimum Gasteiger partial charge on any atom is -0.480 e. The molecule has 2 saturated heterocycles. The van der Waals surface area contributed by atoms with Gasteiger partial charge in [-0.25, -0.2) is 9.59 Å². The second-order valence-electron chi connectivity index (χ2n) is 6.14. The number of amides is 2. The SMILES string of the molecule is CN(C)CC1CC(O)CN1C(=O)N1C[C@H](O)C[C@H]1C(=O)O. The maximum absolute atomic E-state index is 12.6. The molecule has 2 amide bonds. The number of rotatable bonds is 3. The topological polar surface area (TPSA) is 105 Å². The predicted octanol–water partition coefficient (Wildman–Crippen LogP) is -1.38. The molecule has 21 heavy (non-hydrogen) atoms. The first-order valence-corrected chi connectivity index (χ1v) is 7.10. The average molecular weight is 301 g/mol. The smallest absolute Gasteiger partial charge is 0.326 e. The number of aliphatic carboxylic acids is 1. The minimum absolute atomic E-state index is 0.0249. The van der Waals surface area contributed by atoms with Gasteiger partial charge < -0.3 is 30.0 Å². The molecule has 0 saturated carbocycles. The van der Waals surface area contributed by atoms with Crippen molar-refractivity contribution in [1.29, 1.82) is 0 Å². The molecule has 8 nitrogen and oxygen atoms in total. The summed E-state index contributed by atoms with van der Waals surface area (Å²) in [6.45, 7) is 0.838. The van der Waals surface area contributed by atoms with Gasteiger partial charge in [0.25, 0.3) is 0 Å². The van der Waals surface area contributed by atoms with Gasteiger partial charge in [-0.05, 0) is 20.5 Å². The second-order valence-corrected chi connectivity index (χ2v) is 6.14. The highest BCUT2D eigenvalue weighted by atomic mass is 16.4. The molecular formula is C13H23N3O5. The summed E-state index contributed by atoms with van der Waals surface area (Å²) in [7, 11) is 3.76. The van der Waals surface area contributed by atoms with Gasteiger partial charge >= 0.3 is 12.0 Å². The number of aliphatic hydroxyl groups excluding tert-OH is 2. The van der Waals surface area contributed by atoms with Crippen molar-refractivity contribution in [3.63, 3.8) is 0 Å². The number of likely N-dealkylation sites (N-methyl/N-ethyl adjacent to an activating group) is 1. The predicted molar refractivity (Wildman–Crippen MR) is 73.8 cm³/mol. The second kappa shape index (κ2) is 6.17. The molecule has 0 aliphatic carbocycles. The third-order valence-corrected chi connectivity index (χ3v) is 4.02. The quantitative estimate of drug-likeness (QED) is 0.594. The van der Waals surface area contributed by atoms with Crippen molar-refractivity contribution in [1.82, 2.24) is 14.7 Å². The van der Waals surface area contributed by atoms with Gasteiger partial charge in [-0.15, -0.1) is 0 Å². The first kappa shape index (κ1) is 16.0. The molecule has 2 aliphatic rings. The van der Waals surface area contributed by atoms with Crippen LogP contribution in [0.1, 0.15) is 12.8 Å². The molecule has 0 aromatic carbocycles. The lowest BCUT2D eigenvalue weighted by Gasteiger charge is -2.32. The third kappa shape index (κ3) is 3.45. The Balaban J connectivity index is 2.11. The van der Waals surface area contributed by atoms with Crippen LogP contribution >= 0.6 is 0 Å². The van der Waals surface area contributed by atoms with E-state index in [9.17, 15) is 24.9 Å². The Bertz CT molecular complexity index is 417. The van der Waals surface area contributed by atoms with Crippen molar-refractivity contribution in [3.05, 3.63) is 0 Å². The van der Waals surface area contributed by atoms with Gasteiger partial charge in [-0.1, -0.05) is 0 Å². The van der Waals surface area contributed by atoms with Gasteiger partial charge in [0.05, 0.1) is 12.2 Å². The van der Waals surface area contributed by atoms with Gasteiger partial charge in [0.2, 0.25) is 0 Å². The summed E-state index contributed by atoms with van der Waals surface area (Å²) in [5.41, 5.74) is 0. The molecule has 0 aromatic rings. The summed E-state index contributed by atoms with van der Waals surface area (Å²) in [5.74, 6) is -1.11. The molecule has 2 unspecified atom stereocenters. The number of aliphatic hydroxyl groups is 2. The summed E-state index contributed by atoms with van der Waals surface area (Å²) in [4.78, 5) is 28.5. The zero-order chi connectivity index (χ0) is 15.7. The Labute approximate surface area is 123 Å². The van der Waals surface area contributed by atoms with Crippen LogP contribution in [0, 0.1) is 0 Å². The molecule has 120 valence electrons. The third-order valence-electron chi connectivity index (χ3n) is 4.02. The Kier molecular flexibility index (Phi) is 4.70. The van der Waals surface area contributed by atoms with E-state index in [-0.39, 0.29) is 25.6 Å². The van der Waals surface area contributed by atoms with Crippen LogP contribution < -0.4 is 0 Å². The van der Waals surface area contributed by atoms with Gasteiger partial charge in [0, 0.05) is 32.1 Å². The fraction of sp³-hybridized carbons (Fsp3) is 0.846. The number of hydrogen-bond acceptors (Lipinski definition) is 5. The van der Waals surface area contributed by atoms with E-state index in [2.05, 4.69) is 0 Å². The Morgan fingerprint density at radius 1 is 1.10 bits per heavy atom. The molecule has 0 spiro atoms. The molecule has 2 aliphatic heterocycles. The summed E-state index contributed by atoms with van der Waals surface area (Å²) < 4.78 is 0. The molecule has 2 fully saturated rings. The lowest BCUT2D eigenvalue weighted by atomic mass is 10.2. The molecule has 0 bridgehead atoms. The standard InChI is InChI=1S/C13H23N3O5/c1-14(2)5-8-3-9(17)6-15(8)13(21)16-7-10(18)4-11(16)12(19)20/h8-11,17-18H,3-7H2,1-2H3,(H,19,20)/t8?,9?,10-,11+/m1/s1. The van der Waals surface area contributed by atoms with Crippen LogP contribution in [0.5, 0.6) is 0 Å². The van der Waals surface area contributed by atoms with E-state index in [0.29, 0.717) is 13.0 Å². The summed E-state index contributed by atoms with van der Waals surface area (Å²) in [6.07, 6.45) is -0.863. The first-order chi connectivity index (χ1) is 9.79. The monoisotopic (exact) mass is 301 g/mol. The van der Waals surface area contributed by atoms with Crippen LogP contribution in [0.4, 0.5) is 4.79 Å². The number of carboxylic acid groups (broad SMARTS) is 1. The van der Waals surface area contributed by atoms with E-state index in [1.165, 1.54) is 9.80 Å². The van der Waals surface area contributed by atoms with Crippen molar-refractivity contribution in [2.45, 2.75) is 37.1 Å². The van der Waals surface area contributed by atoms with Crippen LogP contribution in [0.15, 0.2) is 0 Å². The van der Waals surface area contributed by atoms with Crippen LogP contribution in [0.3, 0.4) is 0 Å². The number of carbonyl (C=O) groups is 2. The minimum atomic E-state index is -1.11. The van der Waals surface area contributed by atoms with E-state index in [0.717, 1.165) is 0 Å². The highest BCUT2D eigenvalue weighted by molar-refractivity contribution is 5.84. The van der Waals surface area contributed by atoms with E-state index < -0.39 is 30.3 Å². The van der Waals surface area contributed by atoms with Crippen LogP contribution in [-0.2, 0) is 4.79 Å². The Morgan fingerprint density at radius 3 is 2.24 bits per heavy atom. The van der Waals surface area contributed by atoms with Gasteiger partial charge in [-0.3, -0.25) is 0 Å². The maximum Gasteiger partial charge on any atom is 0.326 e. The first-order valence-electron chi connectivity index (χ1n) is 7.10. The fourth-order valence-corrected chi connectivity index (χ4v) is 3.15.